The Morgan fingerprint density at radius 2 is 2.00 bits per heavy atom. The maximum absolute atomic E-state index is 13.9. The fourth-order valence-electron chi connectivity index (χ4n) is 2.76. The first-order valence-electron chi connectivity index (χ1n) is 7.71. The van der Waals surface area contributed by atoms with Crippen molar-refractivity contribution in [2.75, 3.05) is 38.1 Å². The molecule has 24 heavy (non-hydrogen) atoms. The first-order chi connectivity index (χ1) is 11.3. The van der Waals surface area contributed by atoms with Gasteiger partial charge < -0.3 is 15.1 Å². The normalized spacial score (nSPS) is 15.2. The minimum absolute atomic E-state index is 0. The van der Waals surface area contributed by atoms with Crippen molar-refractivity contribution in [1.29, 1.82) is 0 Å². The van der Waals surface area contributed by atoms with E-state index >= 15 is 0 Å². The van der Waals surface area contributed by atoms with Crippen molar-refractivity contribution in [3.05, 3.63) is 48.0 Å². The number of nitrogens with zero attached hydrogens (tertiary/aromatic N) is 4. The van der Waals surface area contributed by atoms with Crippen molar-refractivity contribution in [2.45, 2.75) is 6.54 Å². The predicted octanol–water partition coefficient (Wildman–Crippen LogP) is 2.06. The fraction of sp³-hybridized carbons (Fsp3) is 0.375. The molecule has 0 amide bonds. The zero-order valence-electron chi connectivity index (χ0n) is 13.6. The van der Waals surface area contributed by atoms with Gasteiger partial charge in [-0.05, 0) is 18.2 Å². The van der Waals surface area contributed by atoms with Crippen LogP contribution in [0.3, 0.4) is 0 Å². The molecule has 0 atom stereocenters. The second-order valence-corrected chi connectivity index (χ2v) is 5.41. The van der Waals surface area contributed by atoms with Crippen LogP contribution >= 0.6 is 24.0 Å². The zero-order valence-corrected chi connectivity index (χ0v) is 15.9. The zero-order chi connectivity index (χ0) is 16.1. The van der Waals surface area contributed by atoms with E-state index in [1.807, 2.05) is 18.2 Å². The molecular formula is C16H22FIN6. The third-order valence-corrected chi connectivity index (χ3v) is 3.98. The number of anilines is 1. The van der Waals surface area contributed by atoms with Gasteiger partial charge in [-0.2, -0.15) is 5.10 Å². The average Bonchev–Trinajstić information content (AvgIpc) is 3.10. The van der Waals surface area contributed by atoms with Crippen molar-refractivity contribution < 1.29 is 4.39 Å². The molecule has 6 nitrogen and oxygen atoms in total. The lowest BCUT2D eigenvalue weighted by atomic mass is 10.2. The van der Waals surface area contributed by atoms with Crippen LogP contribution in [0, 0.1) is 5.82 Å². The molecule has 2 N–H and O–H groups in total. The first-order valence-corrected chi connectivity index (χ1v) is 7.71. The third kappa shape index (κ3) is 4.37. The van der Waals surface area contributed by atoms with Crippen LogP contribution in [0.15, 0.2) is 41.5 Å². The topological polar surface area (TPSA) is 59.6 Å². The van der Waals surface area contributed by atoms with Gasteiger partial charge in [0.1, 0.15) is 5.82 Å². The van der Waals surface area contributed by atoms with Crippen LogP contribution < -0.4 is 10.2 Å². The molecule has 1 aromatic carbocycles. The Bertz CT molecular complexity index is 652. The summed E-state index contributed by atoms with van der Waals surface area (Å²) < 4.78 is 13.9. The second kappa shape index (κ2) is 8.86. The average molecular weight is 444 g/mol. The van der Waals surface area contributed by atoms with E-state index in [-0.39, 0.29) is 29.8 Å². The molecule has 1 aliphatic rings. The van der Waals surface area contributed by atoms with E-state index < -0.39 is 0 Å². The molecule has 0 bridgehead atoms. The molecule has 1 saturated heterocycles. The number of hydrogen-bond donors (Lipinski definition) is 2. The summed E-state index contributed by atoms with van der Waals surface area (Å²) in [6.45, 7) is 3.80. The Kier molecular flexibility index (Phi) is 6.83. The Balaban J connectivity index is 0.00000208. The molecule has 2 aromatic rings. The summed E-state index contributed by atoms with van der Waals surface area (Å²) in [4.78, 5) is 8.60. The fourth-order valence-corrected chi connectivity index (χ4v) is 2.76. The highest BCUT2D eigenvalue weighted by molar-refractivity contribution is 14.0. The largest absolute Gasteiger partial charge is 0.366 e. The van der Waals surface area contributed by atoms with Gasteiger partial charge in [-0.3, -0.25) is 10.1 Å². The van der Waals surface area contributed by atoms with E-state index in [1.54, 1.807) is 19.3 Å². The Morgan fingerprint density at radius 1 is 1.25 bits per heavy atom. The van der Waals surface area contributed by atoms with Crippen LogP contribution in [0.2, 0.25) is 0 Å². The number of hydrogen-bond acceptors (Lipinski definition) is 3. The van der Waals surface area contributed by atoms with E-state index in [0.717, 1.165) is 37.8 Å². The van der Waals surface area contributed by atoms with E-state index in [2.05, 4.69) is 30.3 Å². The molecule has 0 saturated carbocycles. The minimum Gasteiger partial charge on any atom is -0.366 e. The maximum atomic E-state index is 13.9. The summed E-state index contributed by atoms with van der Waals surface area (Å²) in [5.41, 5.74) is 1.68. The molecule has 0 radical (unpaired) electrons. The number of halogens is 2. The van der Waals surface area contributed by atoms with E-state index in [1.165, 1.54) is 6.07 Å². The third-order valence-electron chi connectivity index (χ3n) is 3.98. The SMILES string of the molecule is CN=C(NCc1ccn[nH]1)N1CCN(c2ccccc2F)CC1.I. The number of benzene rings is 1. The maximum Gasteiger partial charge on any atom is 0.194 e. The number of para-hydroxylation sites is 1. The van der Waals surface area contributed by atoms with Crippen LogP contribution in [0.25, 0.3) is 0 Å². The Morgan fingerprint density at radius 3 is 2.62 bits per heavy atom. The summed E-state index contributed by atoms with van der Waals surface area (Å²) in [7, 11) is 1.78. The van der Waals surface area contributed by atoms with Crippen LogP contribution in [0.1, 0.15) is 5.69 Å². The van der Waals surface area contributed by atoms with Crippen molar-refractivity contribution in [1.82, 2.24) is 20.4 Å². The number of aliphatic imine (C=N–C) groups is 1. The van der Waals surface area contributed by atoms with Gasteiger partial charge in [0.25, 0.3) is 0 Å². The van der Waals surface area contributed by atoms with E-state index in [0.29, 0.717) is 12.2 Å². The van der Waals surface area contributed by atoms with Gasteiger partial charge in [-0.1, -0.05) is 12.1 Å². The lowest BCUT2D eigenvalue weighted by Crippen LogP contribution is -2.52. The molecular weight excluding hydrogens is 422 g/mol. The van der Waals surface area contributed by atoms with Crippen LogP contribution in [0.4, 0.5) is 10.1 Å². The number of aromatic amines is 1. The van der Waals surface area contributed by atoms with Crippen molar-refractivity contribution in [2.24, 2.45) is 4.99 Å². The molecule has 130 valence electrons. The molecule has 1 aliphatic heterocycles. The van der Waals surface area contributed by atoms with Crippen LogP contribution in [-0.2, 0) is 6.54 Å². The summed E-state index contributed by atoms with van der Waals surface area (Å²) in [5, 5.41) is 10.2. The highest BCUT2D eigenvalue weighted by atomic mass is 127. The minimum atomic E-state index is -0.164. The smallest absolute Gasteiger partial charge is 0.194 e. The molecule has 2 heterocycles. The predicted molar refractivity (Wildman–Crippen MR) is 104 cm³/mol. The number of H-pyrrole nitrogens is 1. The van der Waals surface area contributed by atoms with E-state index in [9.17, 15) is 4.39 Å². The standard InChI is InChI=1S/C16H21FN6.HI/c1-18-16(19-12-13-6-7-20-21-13)23-10-8-22(9-11-23)15-5-3-2-4-14(15)17;/h2-7H,8-12H2,1H3,(H,18,19)(H,20,21);1H. The summed E-state index contributed by atoms with van der Waals surface area (Å²) in [6.07, 6.45) is 1.73. The number of rotatable bonds is 3. The van der Waals surface area contributed by atoms with Crippen LogP contribution in [0.5, 0.6) is 0 Å². The summed E-state index contributed by atoms with van der Waals surface area (Å²) in [5.74, 6) is 0.690. The molecule has 8 heteroatoms. The number of aromatic nitrogens is 2. The van der Waals surface area contributed by atoms with Gasteiger partial charge in [-0.15, -0.1) is 24.0 Å². The quantitative estimate of drug-likeness (QED) is 0.433. The summed E-state index contributed by atoms with van der Waals surface area (Å²) in [6, 6.07) is 8.85. The van der Waals surface area contributed by atoms with Gasteiger partial charge in [-0.25, -0.2) is 4.39 Å². The van der Waals surface area contributed by atoms with Crippen LogP contribution in [-0.4, -0.2) is 54.3 Å². The summed E-state index contributed by atoms with van der Waals surface area (Å²) >= 11 is 0. The van der Waals surface area contributed by atoms with Gasteiger partial charge in [0.2, 0.25) is 0 Å². The molecule has 0 spiro atoms. The van der Waals surface area contributed by atoms with Gasteiger partial charge >= 0.3 is 0 Å². The monoisotopic (exact) mass is 444 g/mol. The molecule has 1 fully saturated rings. The lowest BCUT2D eigenvalue weighted by Gasteiger charge is -2.37. The van der Waals surface area contributed by atoms with Gasteiger partial charge in [0.05, 0.1) is 17.9 Å². The van der Waals surface area contributed by atoms with Gasteiger partial charge in [0, 0.05) is 39.4 Å². The molecule has 0 unspecified atom stereocenters. The molecule has 3 rings (SSSR count). The number of guanidine groups is 1. The molecule has 0 aliphatic carbocycles. The van der Waals surface area contributed by atoms with Crippen molar-refractivity contribution in [3.63, 3.8) is 0 Å². The Labute approximate surface area is 158 Å². The highest BCUT2D eigenvalue weighted by Crippen LogP contribution is 2.20. The van der Waals surface area contributed by atoms with Gasteiger partial charge in [0.15, 0.2) is 5.96 Å². The number of piperazine rings is 1. The first kappa shape index (κ1) is 18.5. The van der Waals surface area contributed by atoms with Crippen molar-refractivity contribution >= 4 is 35.6 Å². The lowest BCUT2D eigenvalue weighted by molar-refractivity contribution is 0.370. The highest BCUT2D eigenvalue weighted by Gasteiger charge is 2.21. The molecule has 1 aromatic heterocycles. The van der Waals surface area contributed by atoms with Crippen molar-refractivity contribution in [3.8, 4) is 0 Å². The van der Waals surface area contributed by atoms with E-state index in [4.69, 9.17) is 0 Å². The Hall–Kier alpha value is -1.84. The second-order valence-electron chi connectivity index (χ2n) is 5.41. The number of nitrogens with one attached hydrogen (secondary N) is 2.